The van der Waals surface area contributed by atoms with Crippen molar-refractivity contribution in [2.45, 2.75) is 13.2 Å². The molecule has 0 radical (unpaired) electrons. The van der Waals surface area contributed by atoms with Crippen molar-refractivity contribution < 1.29 is 33.0 Å². The number of amides is 3. The highest BCUT2D eigenvalue weighted by Gasteiger charge is 2.35. The van der Waals surface area contributed by atoms with Crippen molar-refractivity contribution in [3.8, 4) is 11.5 Å². The Bertz CT molecular complexity index is 1420. The lowest BCUT2D eigenvalue weighted by Gasteiger charge is -2.15. The molecule has 1 aromatic heterocycles. The zero-order chi connectivity index (χ0) is 26.7. The first-order valence-corrected chi connectivity index (χ1v) is 13.0. The zero-order valence-corrected chi connectivity index (χ0v) is 24.2. The molecule has 3 amide bonds. The molecule has 2 heterocycles. The van der Waals surface area contributed by atoms with Crippen LogP contribution in [0.3, 0.4) is 0 Å². The van der Waals surface area contributed by atoms with Crippen LogP contribution in [-0.4, -0.2) is 37.0 Å². The molecule has 12 heteroatoms. The zero-order valence-electron chi connectivity index (χ0n) is 19.5. The smallest absolute Gasteiger partial charge is 0.373 e. The number of esters is 1. The van der Waals surface area contributed by atoms with Gasteiger partial charge >= 0.3 is 12.0 Å². The number of carbonyl (C=O) groups is 3. The van der Waals surface area contributed by atoms with E-state index in [2.05, 4.69) is 57.8 Å². The van der Waals surface area contributed by atoms with Crippen LogP contribution >= 0.6 is 47.8 Å². The van der Waals surface area contributed by atoms with Crippen LogP contribution in [0.4, 0.5) is 4.79 Å². The maximum atomic E-state index is 13.1. The highest BCUT2D eigenvalue weighted by atomic mass is 79.9. The Labute approximate surface area is 237 Å². The number of hydrogen-bond donors (Lipinski definition) is 1. The van der Waals surface area contributed by atoms with E-state index in [-0.39, 0.29) is 30.4 Å². The summed E-state index contributed by atoms with van der Waals surface area (Å²) in [5.41, 5.74) is 1.45. The van der Waals surface area contributed by atoms with Gasteiger partial charge < -0.3 is 23.9 Å². The molecule has 37 heavy (non-hydrogen) atoms. The van der Waals surface area contributed by atoms with Crippen LogP contribution in [-0.2, 0) is 22.7 Å². The van der Waals surface area contributed by atoms with E-state index in [1.807, 2.05) is 18.2 Å². The topological polar surface area (TPSA) is 107 Å². The molecule has 1 aliphatic heterocycles. The van der Waals surface area contributed by atoms with Gasteiger partial charge in [0, 0.05) is 24.5 Å². The average molecular weight is 699 g/mol. The van der Waals surface area contributed by atoms with Crippen LogP contribution < -0.4 is 14.8 Å². The van der Waals surface area contributed by atoms with Gasteiger partial charge in [-0.2, -0.15) is 0 Å². The second kappa shape index (κ2) is 11.5. The van der Waals surface area contributed by atoms with Crippen LogP contribution in [0, 0.1) is 0 Å². The monoisotopic (exact) mass is 696 g/mol. The SMILES string of the molecule is COC(=O)c1ccc(CN2C(=O)N/C(=C\c3cc(Br)cc(OC)c3OCc3ccc(Br)cc3Br)C2=O)o1. The van der Waals surface area contributed by atoms with Gasteiger partial charge in [-0.05, 0) is 42.5 Å². The maximum Gasteiger partial charge on any atom is 0.373 e. The minimum absolute atomic E-state index is 0.0271. The van der Waals surface area contributed by atoms with Gasteiger partial charge in [-0.1, -0.05) is 53.9 Å². The fourth-order valence-corrected chi connectivity index (χ4v) is 5.11. The number of nitrogens with one attached hydrogen (secondary N) is 1. The van der Waals surface area contributed by atoms with Gasteiger partial charge in [0.05, 0.1) is 20.8 Å². The molecule has 0 unspecified atom stereocenters. The number of nitrogens with zero attached hydrogens (tertiary/aromatic N) is 1. The summed E-state index contributed by atoms with van der Waals surface area (Å²) < 4.78 is 24.1. The van der Waals surface area contributed by atoms with Gasteiger partial charge in [0.1, 0.15) is 18.1 Å². The number of furan rings is 1. The Morgan fingerprint density at radius 3 is 2.54 bits per heavy atom. The molecule has 1 saturated heterocycles. The molecule has 0 saturated carbocycles. The summed E-state index contributed by atoms with van der Waals surface area (Å²) in [7, 11) is 2.74. The molecule has 192 valence electrons. The molecular weight excluding hydrogens is 680 g/mol. The Hall–Kier alpha value is -3.09. The van der Waals surface area contributed by atoms with E-state index in [4.69, 9.17) is 13.9 Å². The molecule has 9 nitrogen and oxygen atoms in total. The fourth-order valence-electron chi connectivity index (χ4n) is 3.49. The molecule has 0 aliphatic carbocycles. The number of hydrogen-bond acceptors (Lipinski definition) is 7. The third kappa shape index (κ3) is 6.08. The minimum atomic E-state index is -0.657. The van der Waals surface area contributed by atoms with E-state index in [1.165, 1.54) is 32.4 Å². The first-order valence-electron chi connectivity index (χ1n) is 10.7. The Balaban J connectivity index is 1.60. The van der Waals surface area contributed by atoms with Crippen LogP contribution in [0.5, 0.6) is 11.5 Å². The van der Waals surface area contributed by atoms with Gasteiger partial charge in [-0.15, -0.1) is 0 Å². The predicted octanol–water partition coefficient (Wildman–Crippen LogP) is 6.03. The lowest BCUT2D eigenvalue weighted by Crippen LogP contribution is -2.30. The summed E-state index contributed by atoms with van der Waals surface area (Å²) in [6.45, 7) is 0.0528. The third-order valence-corrected chi connectivity index (χ3v) is 6.97. The summed E-state index contributed by atoms with van der Waals surface area (Å²) in [5, 5.41) is 2.58. The Morgan fingerprint density at radius 1 is 1.05 bits per heavy atom. The van der Waals surface area contributed by atoms with Crippen molar-refractivity contribution in [3.05, 3.63) is 84.2 Å². The van der Waals surface area contributed by atoms with Crippen LogP contribution in [0.1, 0.15) is 27.4 Å². The molecule has 0 spiro atoms. The largest absolute Gasteiger partial charge is 0.493 e. The Morgan fingerprint density at radius 2 is 1.84 bits per heavy atom. The molecule has 0 atom stereocenters. The Kier molecular flexibility index (Phi) is 8.40. The quantitative estimate of drug-likeness (QED) is 0.174. The van der Waals surface area contributed by atoms with Gasteiger partial charge in [0.2, 0.25) is 5.76 Å². The minimum Gasteiger partial charge on any atom is -0.493 e. The molecular formula is C25H19Br3N2O7. The fraction of sp³-hybridized carbons (Fsp3) is 0.160. The standard InChI is InChI=1S/C25H19Br3N2O7/c1-34-21-10-16(27)7-14(22(21)36-12-13-3-4-15(26)9-18(13)28)8-19-23(31)30(25(33)29-19)11-17-5-6-20(37-17)24(32)35-2/h3-10H,11-12H2,1-2H3,(H,29,33)/b19-8-. The van der Waals surface area contributed by atoms with Crippen molar-refractivity contribution in [2.24, 2.45) is 0 Å². The second-order valence-corrected chi connectivity index (χ2v) is 10.4. The first-order chi connectivity index (χ1) is 17.7. The van der Waals surface area contributed by atoms with Crippen LogP contribution in [0.2, 0.25) is 0 Å². The van der Waals surface area contributed by atoms with Gasteiger partial charge in [-0.3, -0.25) is 9.69 Å². The maximum absolute atomic E-state index is 13.1. The number of rotatable bonds is 8. The number of urea groups is 1. The third-order valence-electron chi connectivity index (χ3n) is 5.28. The van der Waals surface area contributed by atoms with E-state index in [0.717, 1.165) is 19.4 Å². The van der Waals surface area contributed by atoms with Crippen LogP contribution in [0.15, 0.2) is 66.0 Å². The van der Waals surface area contributed by atoms with Gasteiger partial charge in [-0.25, -0.2) is 9.59 Å². The summed E-state index contributed by atoms with van der Waals surface area (Å²) >= 11 is 10.4. The lowest BCUT2D eigenvalue weighted by atomic mass is 10.1. The normalized spacial score (nSPS) is 14.2. The van der Waals surface area contributed by atoms with Crippen molar-refractivity contribution in [1.82, 2.24) is 10.2 Å². The van der Waals surface area contributed by atoms with E-state index >= 15 is 0 Å². The first kappa shape index (κ1) is 27.0. The molecule has 4 rings (SSSR count). The number of benzene rings is 2. The number of halogens is 3. The van der Waals surface area contributed by atoms with Gasteiger partial charge in [0.25, 0.3) is 5.91 Å². The molecule has 1 fully saturated rings. The molecule has 0 bridgehead atoms. The molecule has 3 aromatic rings. The average Bonchev–Trinajstić information content (AvgIpc) is 3.44. The van der Waals surface area contributed by atoms with Crippen molar-refractivity contribution in [1.29, 1.82) is 0 Å². The lowest BCUT2D eigenvalue weighted by molar-refractivity contribution is -0.123. The predicted molar refractivity (Wildman–Crippen MR) is 144 cm³/mol. The molecule has 1 N–H and O–H groups in total. The molecule has 2 aromatic carbocycles. The van der Waals surface area contributed by atoms with Crippen LogP contribution in [0.25, 0.3) is 6.08 Å². The number of carbonyl (C=O) groups excluding carboxylic acids is 3. The second-order valence-electron chi connectivity index (χ2n) is 7.69. The van der Waals surface area contributed by atoms with E-state index in [1.54, 1.807) is 12.1 Å². The molecule has 1 aliphatic rings. The van der Waals surface area contributed by atoms with E-state index in [0.29, 0.717) is 21.5 Å². The van der Waals surface area contributed by atoms with Gasteiger partial charge in [0.15, 0.2) is 11.5 Å². The van der Waals surface area contributed by atoms with E-state index < -0.39 is 17.9 Å². The highest BCUT2D eigenvalue weighted by molar-refractivity contribution is 9.11. The van der Waals surface area contributed by atoms with E-state index in [9.17, 15) is 14.4 Å². The highest BCUT2D eigenvalue weighted by Crippen LogP contribution is 2.37. The van der Waals surface area contributed by atoms with Crippen molar-refractivity contribution in [2.75, 3.05) is 14.2 Å². The summed E-state index contributed by atoms with van der Waals surface area (Å²) in [4.78, 5) is 38.3. The number of imide groups is 1. The van der Waals surface area contributed by atoms with Crippen molar-refractivity contribution >= 4 is 71.8 Å². The number of ether oxygens (including phenoxy) is 3. The van der Waals surface area contributed by atoms with Crippen molar-refractivity contribution in [3.63, 3.8) is 0 Å². The number of methoxy groups -OCH3 is 2. The summed E-state index contributed by atoms with van der Waals surface area (Å²) in [6, 6.07) is 11.5. The summed E-state index contributed by atoms with van der Waals surface area (Å²) in [6.07, 6.45) is 1.52. The summed E-state index contributed by atoms with van der Waals surface area (Å²) in [5.74, 6) is -0.174.